The van der Waals surface area contributed by atoms with E-state index in [0.717, 1.165) is 0 Å². The molecule has 1 amide bonds. The van der Waals surface area contributed by atoms with Crippen molar-refractivity contribution in [1.82, 2.24) is 5.32 Å². The van der Waals surface area contributed by atoms with Gasteiger partial charge in [0.15, 0.2) is 0 Å². The third kappa shape index (κ3) is 41.3. The van der Waals surface area contributed by atoms with Gasteiger partial charge in [-0.05, 0) is 0 Å². The zero-order chi connectivity index (χ0) is 53.9. The molecule has 0 aromatic heterocycles. The number of nitriles is 6. The largest absolute Gasteiger partial charge is 0.474 e. The van der Waals surface area contributed by atoms with Crippen LogP contribution >= 0.6 is 23.5 Å². The Morgan fingerprint density at radius 3 is 0.795 bits per heavy atom. The van der Waals surface area contributed by atoms with Gasteiger partial charge in [-0.2, -0.15) is 31.6 Å². The van der Waals surface area contributed by atoms with E-state index in [-0.39, 0.29) is 71.6 Å². The summed E-state index contributed by atoms with van der Waals surface area (Å²) in [5.41, 5.74) is -2.32. The Bertz CT molecular complexity index is 1620. The number of ether oxygens (including phenoxy) is 9. The number of phosphoric acid groups is 3. The first kappa shape index (κ1) is 69.4. The summed E-state index contributed by atoms with van der Waals surface area (Å²) >= 11 is 0. The lowest BCUT2D eigenvalue weighted by Crippen LogP contribution is -2.59. The number of rotatable bonds is 54. The van der Waals surface area contributed by atoms with Gasteiger partial charge in [-0.1, -0.05) is 0 Å². The molecule has 73 heavy (non-hydrogen) atoms. The number of methoxy groups -OCH3 is 1. The van der Waals surface area contributed by atoms with Crippen molar-refractivity contribution in [3.05, 3.63) is 0 Å². The number of nitrogens with zero attached hydrogens (tertiary/aromatic N) is 6. The minimum Gasteiger partial charge on any atom is -0.382 e. The summed E-state index contributed by atoms with van der Waals surface area (Å²) in [6.07, 6.45) is -1.75. The summed E-state index contributed by atoms with van der Waals surface area (Å²) < 4.78 is 138. The van der Waals surface area contributed by atoms with Crippen molar-refractivity contribution in [1.29, 1.82) is 31.6 Å². The van der Waals surface area contributed by atoms with Crippen LogP contribution in [-0.4, -0.2) is 190 Å². The SMILES string of the molecule is COCCOCCOCCOCCOCCOCCOCCOCCOCC(=O)NC(COP(=O)(OCCC#N)OCCC#N)(COP(=O)(OCCC#N)OCCC#N)COP(=O)(OCCC#N)OCCC#N. The minimum atomic E-state index is -4.75. The molecule has 0 saturated heterocycles. The van der Waals surface area contributed by atoms with Crippen LogP contribution in [0.4, 0.5) is 0 Å². The molecule has 0 aromatic rings. The fourth-order valence-corrected chi connectivity index (χ4v) is 8.35. The highest BCUT2D eigenvalue weighted by atomic mass is 31.2. The monoisotopic (exact) mass is 1100 g/mol. The summed E-state index contributed by atoms with van der Waals surface area (Å²) in [6, 6.07) is 10.7. The Morgan fingerprint density at radius 2 is 0.575 bits per heavy atom. The van der Waals surface area contributed by atoms with Crippen LogP contribution in [0.25, 0.3) is 0 Å². The third-order valence-electron chi connectivity index (χ3n) is 7.95. The maximum atomic E-state index is 13.8. The zero-order valence-corrected chi connectivity index (χ0v) is 43.8. The maximum absolute atomic E-state index is 13.8. The molecule has 0 spiro atoms. The van der Waals surface area contributed by atoms with E-state index >= 15 is 0 Å². The average Bonchev–Trinajstić information content (AvgIpc) is 3.37. The first-order chi connectivity index (χ1) is 35.4. The average molecular weight is 1100 g/mol. The molecule has 0 bridgehead atoms. The maximum Gasteiger partial charge on any atom is 0.474 e. The number of phosphoric ester groups is 3. The van der Waals surface area contributed by atoms with Gasteiger partial charge in [0.2, 0.25) is 5.91 Å². The number of hydrogen-bond acceptors (Lipinski definition) is 28. The summed E-state index contributed by atoms with van der Waals surface area (Å²) in [5, 5.41) is 56.8. The van der Waals surface area contributed by atoms with Gasteiger partial charge in [0.1, 0.15) is 12.1 Å². The van der Waals surface area contributed by atoms with Gasteiger partial charge >= 0.3 is 23.5 Å². The molecule has 0 aliphatic rings. The van der Waals surface area contributed by atoms with Crippen LogP contribution in [0.15, 0.2) is 0 Å². The molecule has 0 atom stereocenters. The van der Waals surface area contributed by atoms with Gasteiger partial charge < -0.3 is 47.9 Å². The fraction of sp³-hybridized carbons (Fsp3) is 0.829. The highest BCUT2D eigenvalue weighted by Gasteiger charge is 2.44. The topological polar surface area (TPSA) is 389 Å². The normalized spacial score (nSPS) is 11.8. The first-order valence-corrected chi connectivity index (χ1v) is 27.1. The van der Waals surface area contributed by atoms with Gasteiger partial charge in [-0.15, -0.1) is 0 Å². The van der Waals surface area contributed by atoms with E-state index in [1.807, 2.05) is 0 Å². The van der Waals surface area contributed by atoms with Crippen LogP contribution in [-0.2, 0) is 102 Å². The number of nitrogens with one attached hydrogen (secondary N) is 1. The van der Waals surface area contributed by atoms with Gasteiger partial charge in [-0.25, -0.2) is 13.7 Å². The van der Waals surface area contributed by atoms with Crippen molar-refractivity contribution in [3.63, 3.8) is 0 Å². The first-order valence-electron chi connectivity index (χ1n) is 22.7. The van der Waals surface area contributed by atoms with Crippen LogP contribution in [0, 0.1) is 68.0 Å². The highest BCUT2D eigenvalue weighted by Crippen LogP contribution is 2.54. The predicted octanol–water partition coefficient (Wildman–Crippen LogP) is 3.58. The fourth-order valence-electron chi connectivity index (χ4n) is 4.57. The molecular formula is C41H68N7O22P3. The Labute approximate surface area is 426 Å². The molecule has 0 saturated carbocycles. The second kappa shape index (κ2) is 48.1. The number of carbonyl (C=O) groups is 1. The van der Waals surface area contributed by atoms with Crippen LogP contribution in [0.1, 0.15) is 38.5 Å². The Kier molecular flexibility index (Phi) is 45.7. The molecule has 1 N–H and O–H groups in total. The van der Waals surface area contributed by atoms with Crippen molar-refractivity contribution in [3.8, 4) is 36.4 Å². The van der Waals surface area contributed by atoms with E-state index in [2.05, 4.69) is 5.32 Å². The minimum absolute atomic E-state index is 0.00172. The number of amides is 1. The summed E-state index contributed by atoms with van der Waals surface area (Å²) in [5.74, 6) is -0.975. The lowest BCUT2D eigenvalue weighted by molar-refractivity contribution is -0.130. The van der Waals surface area contributed by atoms with E-state index in [9.17, 15) is 18.5 Å². The standard InChI is InChI=1S/C41H68N7O22P3/c1-53-20-21-54-22-23-55-24-25-56-26-27-57-28-29-58-30-31-59-32-33-60-34-35-61-36-40(49)48-41(37-68-71(50,62-14-2-8-42)63-15-3-9-43,38-69-72(51,64-16-4-10-44)65-17-5-11-45)39-70-73(52,66-18-6-12-46)67-19-7-13-47/h2-7,14-39H2,1H3,(H,48,49). The van der Waals surface area contributed by atoms with Gasteiger partial charge in [0.25, 0.3) is 0 Å². The number of carbonyl (C=O) groups excluding carboxylic acids is 1. The van der Waals surface area contributed by atoms with Crippen LogP contribution in [0.2, 0.25) is 0 Å². The van der Waals surface area contributed by atoms with E-state index in [1.165, 1.54) is 0 Å². The molecule has 32 heteroatoms. The van der Waals surface area contributed by atoms with E-state index in [1.54, 1.807) is 43.5 Å². The number of hydrogen-bond donors (Lipinski definition) is 1. The quantitative estimate of drug-likeness (QED) is 0.0671. The van der Waals surface area contributed by atoms with Crippen LogP contribution in [0.5, 0.6) is 0 Å². The molecule has 0 unspecified atom stereocenters. The van der Waals surface area contributed by atoms with Crippen molar-refractivity contribution in [2.24, 2.45) is 0 Å². The van der Waals surface area contributed by atoms with Crippen molar-refractivity contribution < 1.29 is 102 Å². The smallest absolute Gasteiger partial charge is 0.382 e. The highest BCUT2D eigenvalue weighted by molar-refractivity contribution is 7.49. The second-order valence-electron chi connectivity index (χ2n) is 13.8. The molecule has 0 aliphatic carbocycles. The Hall–Kier alpha value is -3.62. The summed E-state index contributed by atoms with van der Waals surface area (Å²) in [6.45, 7) is -1.53. The molecule has 0 radical (unpaired) electrons. The van der Waals surface area contributed by atoms with E-state index in [0.29, 0.717) is 72.7 Å². The third-order valence-corrected chi connectivity index (χ3v) is 12.3. The molecule has 0 fully saturated rings. The molecule has 0 aliphatic heterocycles. The van der Waals surface area contributed by atoms with Gasteiger partial charge in [0, 0.05) is 7.11 Å². The molecule has 414 valence electrons. The van der Waals surface area contributed by atoms with E-state index in [4.69, 9.17) is 115 Å². The van der Waals surface area contributed by atoms with Crippen molar-refractivity contribution in [2.45, 2.75) is 44.1 Å². The molecular weight excluding hydrogens is 1040 g/mol. The van der Waals surface area contributed by atoms with Crippen LogP contribution in [0.3, 0.4) is 0 Å². The Morgan fingerprint density at radius 1 is 0.356 bits per heavy atom. The summed E-state index contributed by atoms with van der Waals surface area (Å²) in [4.78, 5) is 13.6. The van der Waals surface area contributed by atoms with Crippen molar-refractivity contribution >= 4 is 29.4 Å². The van der Waals surface area contributed by atoms with E-state index < -0.39 is 101 Å². The zero-order valence-electron chi connectivity index (χ0n) is 41.1. The summed E-state index contributed by atoms with van der Waals surface area (Å²) in [7, 11) is -12.6. The lowest BCUT2D eigenvalue weighted by Gasteiger charge is -2.36. The molecule has 0 rings (SSSR count). The van der Waals surface area contributed by atoms with Crippen molar-refractivity contribution in [2.75, 3.05) is 179 Å². The van der Waals surface area contributed by atoms with Gasteiger partial charge in [-0.3, -0.25) is 45.5 Å². The second-order valence-corrected chi connectivity index (χ2v) is 18.8. The Balaban J connectivity index is 5.67. The molecule has 0 heterocycles. The molecule has 0 aromatic carbocycles. The van der Waals surface area contributed by atoms with Crippen LogP contribution < -0.4 is 5.32 Å². The van der Waals surface area contributed by atoms with Gasteiger partial charge in [0.05, 0.1) is 240 Å². The predicted molar refractivity (Wildman–Crippen MR) is 247 cm³/mol. The molecule has 29 nitrogen and oxygen atoms in total. The lowest BCUT2D eigenvalue weighted by atomic mass is 10.0.